The molecule has 0 saturated heterocycles. The molecule has 0 spiro atoms. The first-order chi connectivity index (χ1) is 11.7. The Labute approximate surface area is 149 Å². The summed E-state index contributed by atoms with van der Waals surface area (Å²) in [5.74, 6) is 1.00. The van der Waals surface area contributed by atoms with Crippen molar-refractivity contribution in [3.8, 4) is 5.69 Å². The summed E-state index contributed by atoms with van der Waals surface area (Å²) in [6, 6.07) is 11.1. The fourth-order valence-electron chi connectivity index (χ4n) is 2.18. The molecule has 1 N–H and O–H groups in total. The third-order valence-corrected chi connectivity index (χ3v) is 4.53. The number of anilines is 1. The summed E-state index contributed by atoms with van der Waals surface area (Å²) < 4.78 is 1.64. The lowest BCUT2D eigenvalue weighted by molar-refractivity contribution is -0.113. The van der Waals surface area contributed by atoms with Gasteiger partial charge in [0, 0.05) is 30.5 Å². The number of amides is 1. The number of nitrogens with zero attached hydrogens (tertiary/aromatic N) is 3. The fourth-order valence-corrected chi connectivity index (χ4v) is 3.21. The van der Waals surface area contributed by atoms with E-state index in [-0.39, 0.29) is 5.91 Å². The minimum Gasteiger partial charge on any atom is -0.323 e. The smallest absolute Gasteiger partial charge is 0.234 e. The zero-order chi connectivity index (χ0) is 16.8. The second-order valence-electron chi connectivity index (χ2n) is 4.99. The lowest BCUT2D eigenvalue weighted by atomic mass is 10.2. The molecule has 7 heteroatoms. The van der Waals surface area contributed by atoms with Crippen molar-refractivity contribution in [3.05, 3.63) is 71.8 Å². The van der Waals surface area contributed by atoms with Crippen molar-refractivity contribution in [1.82, 2.24) is 14.8 Å². The number of nitrogens with one attached hydrogen (secondary N) is 1. The average molecular weight is 359 g/mol. The third-order valence-electron chi connectivity index (χ3n) is 3.22. The standard InChI is InChI=1S/C17H15ClN4OS/c18-14-5-1-6-15(17(14)22-9-3-8-20-22)21-16(23)12-24-11-13-4-2-7-19-10-13/h1-10H,11-12H2,(H,21,23). The summed E-state index contributed by atoms with van der Waals surface area (Å²) in [5.41, 5.74) is 2.39. The summed E-state index contributed by atoms with van der Waals surface area (Å²) >= 11 is 7.80. The third kappa shape index (κ3) is 4.15. The Balaban J connectivity index is 1.64. The van der Waals surface area contributed by atoms with Gasteiger partial charge in [-0.25, -0.2) is 4.68 Å². The van der Waals surface area contributed by atoms with E-state index >= 15 is 0 Å². The van der Waals surface area contributed by atoms with Gasteiger partial charge in [-0.15, -0.1) is 11.8 Å². The monoisotopic (exact) mass is 358 g/mol. The Morgan fingerprint density at radius 1 is 1.21 bits per heavy atom. The molecule has 0 aliphatic heterocycles. The molecule has 0 atom stereocenters. The first kappa shape index (κ1) is 16.5. The molecule has 0 radical (unpaired) electrons. The molecule has 5 nitrogen and oxygen atoms in total. The van der Waals surface area contributed by atoms with Crippen LogP contribution in [0.1, 0.15) is 5.56 Å². The number of hydrogen-bond donors (Lipinski definition) is 1. The van der Waals surface area contributed by atoms with Crippen molar-refractivity contribution in [2.24, 2.45) is 0 Å². The molecular formula is C17H15ClN4OS. The molecule has 0 bridgehead atoms. The van der Waals surface area contributed by atoms with Gasteiger partial charge in [-0.2, -0.15) is 5.10 Å². The van der Waals surface area contributed by atoms with Gasteiger partial charge in [0.1, 0.15) is 5.69 Å². The second kappa shape index (κ2) is 7.99. The lowest BCUT2D eigenvalue weighted by Crippen LogP contribution is -2.16. The molecule has 2 aromatic heterocycles. The van der Waals surface area contributed by atoms with E-state index in [0.29, 0.717) is 22.2 Å². The molecule has 122 valence electrons. The Bertz CT molecular complexity index is 809. The van der Waals surface area contributed by atoms with Crippen LogP contribution in [0.25, 0.3) is 5.69 Å². The Morgan fingerprint density at radius 2 is 2.12 bits per heavy atom. The van der Waals surface area contributed by atoms with Crippen LogP contribution in [0.3, 0.4) is 0 Å². The van der Waals surface area contributed by atoms with Crippen LogP contribution >= 0.6 is 23.4 Å². The van der Waals surface area contributed by atoms with E-state index in [1.165, 1.54) is 11.8 Å². The molecule has 0 fully saturated rings. The van der Waals surface area contributed by atoms with Crippen LogP contribution in [-0.4, -0.2) is 26.4 Å². The van der Waals surface area contributed by atoms with Gasteiger partial charge in [0.05, 0.1) is 16.5 Å². The average Bonchev–Trinajstić information content (AvgIpc) is 3.10. The van der Waals surface area contributed by atoms with Gasteiger partial charge in [-0.3, -0.25) is 9.78 Å². The highest BCUT2D eigenvalue weighted by Gasteiger charge is 2.12. The molecule has 0 aliphatic carbocycles. The van der Waals surface area contributed by atoms with E-state index in [9.17, 15) is 4.79 Å². The first-order valence-electron chi connectivity index (χ1n) is 7.29. The number of aromatic nitrogens is 3. The maximum atomic E-state index is 12.2. The molecule has 1 aromatic carbocycles. The lowest BCUT2D eigenvalue weighted by Gasteiger charge is -2.12. The SMILES string of the molecule is O=C(CSCc1cccnc1)Nc1cccc(Cl)c1-n1cccn1. The topological polar surface area (TPSA) is 59.8 Å². The summed E-state index contributed by atoms with van der Waals surface area (Å²) in [6.45, 7) is 0. The minimum atomic E-state index is -0.0837. The first-order valence-corrected chi connectivity index (χ1v) is 8.82. The number of hydrogen-bond acceptors (Lipinski definition) is 4. The predicted octanol–water partition coefficient (Wildman–Crippen LogP) is 3.79. The number of rotatable bonds is 6. The van der Waals surface area contributed by atoms with Gasteiger partial charge in [-0.05, 0) is 29.8 Å². The predicted molar refractivity (Wildman–Crippen MR) is 97.6 cm³/mol. The summed E-state index contributed by atoms with van der Waals surface area (Å²) in [6.07, 6.45) is 6.99. The normalized spacial score (nSPS) is 10.5. The molecule has 3 aromatic rings. The Hall–Kier alpha value is -2.31. The highest BCUT2D eigenvalue weighted by molar-refractivity contribution is 7.99. The zero-order valence-electron chi connectivity index (χ0n) is 12.7. The van der Waals surface area contributed by atoms with Crippen molar-refractivity contribution in [3.63, 3.8) is 0 Å². The number of benzene rings is 1. The summed E-state index contributed by atoms with van der Waals surface area (Å²) in [5, 5.41) is 7.62. The zero-order valence-corrected chi connectivity index (χ0v) is 14.3. The van der Waals surface area contributed by atoms with Gasteiger partial charge in [0.25, 0.3) is 0 Å². The second-order valence-corrected chi connectivity index (χ2v) is 6.38. The molecular weight excluding hydrogens is 344 g/mol. The summed E-state index contributed by atoms with van der Waals surface area (Å²) in [4.78, 5) is 16.3. The van der Waals surface area contributed by atoms with Crippen LogP contribution in [0, 0.1) is 0 Å². The van der Waals surface area contributed by atoms with Gasteiger partial charge >= 0.3 is 0 Å². The maximum Gasteiger partial charge on any atom is 0.234 e. The van der Waals surface area contributed by atoms with E-state index < -0.39 is 0 Å². The number of carbonyl (C=O) groups excluding carboxylic acids is 1. The number of thioether (sulfide) groups is 1. The molecule has 2 heterocycles. The Morgan fingerprint density at radius 3 is 2.88 bits per heavy atom. The highest BCUT2D eigenvalue weighted by atomic mass is 35.5. The van der Waals surface area contributed by atoms with Crippen molar-refractivity contribution in [1.29, 1.82) is 0 Å². The molecule has 0 aliphatic rings. The van der Waals surface area contributed by atoms with Crippen molar-refractivity contribution < 1.29 is 4.79 Å². The molecule has 0 saturated carbocycles. The van der Waals surface area contributed by atoms with E-state index in [1.54, 1.807) is 47.7 Å². The van der Waals surface area contributed by atoms with Crippen LogP contribution in [0.5, 0.6) is 0 Å². The number of carbonyl (C=O) groups is 1. The quantitative estimate of drug-likeness (QED) is 0.728. The van der Waals surface area contributed by atoms with Crippen LogP contribution in [0.15, 0.2) is 61.2 Å². The van der Waals surface area contributed by atoms with E-state index in [2.05, 4.69) is 15.4 Å². The van der Waals surface area contributed by atoms with Gasteiger partial charge in [0.15, 0.2) is 0 Å². The van der Waals surface area contributed by atoms with Crippen LogP contribution in [0.4, 0.5) is 5.69 Å². The van der Waals surface area contributed by atoms with Crippen LogP contribution < -0.4 is 5.32 Å². The van der Waals surface area contributed by atoms with Crippen LogP contribution in [-0.2, 0) is 10.5 Å². The van der Waals surface area contributed by atoms with Crippen molar-refractivity contribution in [2.75, 3.05) is 11.1 Å². The summed E-state index contributed by atoms with van der Waals surface area (Å²) in [7, 11) is 0. The molecule has 24 heavy (non-hydrogen) atoms. The van der Waals surface area contributed by atoms with E-state index in [0.717, 1.165) is 11.3 Å². The number of para-hydroxylation sites is 1. The number of pyridine rings is 1. The Kier molecular flexibility index (Phi) is 5.51. The van der Waals surface area contributed by atoms with Gasteiger partial charge < -0.3 is 5.32 Å². The fraction of sp³-hybridized carbons (Fsp3) is 0.118. The minimum absolute atomic E-state index is 0.0837. The molecule has 3 rings (SSSR count). The largest absolute Gasteiger partial charge is 0.323 e. The highest BCUT2D eigenvalue weighted by Crippen LogP contribution is 2.28. The number of halogens is 1. The maximum absolute atomic E-state index is 12.2. The van der Waals surface area contributed by atoms with Gasteiger partial charge in [0.2, 0.25) is 5.91 Å². The van der Waals surface area contributed by atoms with Crippen LogP contribution in [0.2, 0.25) is 5.02 Å². The molecule has 1 amide bonds. The van der Waals surface area contributed by atoms with Crippen molar-refractivity contribution in [2.45, 2.75) is 5.75 Å². The van der Waals surface area contributed by atoms with Gasteiger partial charge in [-0.1, -0.05) is 23.7 Å². The molecule has 0 unspecified atom stereocenters. The van der Waals surface area contributed by atoms with Crippen molar-refractivity contribution >= 4 is 35.0 Å². The van der Waals surface area contributed by atoms with E-state index in [4.69, 9.17) is 11.6 Å². The van der Waals surface area contributed by atoms with E-state index in [1.807, 2.05) is 18.2 Å².